The molecule has 26 heavy (non-hydrogen) atoms. The first kappa shape index (κ1) is 22.4. The van der Waals surface area contributed by atoms with E-state index in [1.54, 1.807) is 0 Å². The summed E-state index contributed by atoms with van der Waals surface area (Å²) in [5.74, 6) is -1.50. The summed E-state index contributed by atoms with van der Waals surface area (Å²) in [6, 6.07) is 0. The number of Topliss-reactive ketones (excluding diaryl/α,β-unsaturated/α-hetero) is 1. The third-order valence-corrected chi connectivity index (χ3v) is 4.89. The molecule has 0 aliphatic carbocycles. The van der Waals surface area contributed by atoms with Crippen molar-refractivity contribution in [3.05, 3.63) is 11.3 Å². The second-order valence-corrected chi connectivity index (χ2v) is 7.21. The number of hydrogen-bond donors (Lipinski definition) is 1. The molecular weight excluding hydrogens is 330 g/mol. The summed E-state index contributed by atoms with van der Waals surface area (Å²) >= 11 is 0. The van der Waals surface area contributed by atoms with E-state index in [4.69, 9.17) is 0 Å². The molecule has 1 fully saturated rings. The van der Waals surface area contributed by atoms with Gasteiger partial charge in [0.25, 0.3) is 5.91 Å². The highest BCUT2D eigenvalue weighted by atomic mass is 16.3. The number of rotatable bonds is 13. The van der Waals surface area contributed by atoms with Crippen LogP contribution in [0.5, 0.6) is 0 Å². The SMILES string of the molecule is CCCCCCCCC/C(O)=C1\C(=O)CN(C(=O)CCCCCC)C1=O. The van der Waals surface area contributed by atoms with Crippen LogP contribution in [0.15, 0.2) is 11.3 Å². The van der Waals surface area contributed by atoms with Crippen LogP contribution in [-0.4, -0.2) is 34.1 Å². The molecule has 1 heterocycles. The Morgan fingerprint density at radius 3 is 1.96 bits per heavy atom. The molecule has 2 amide bonds. The van der Waals surface area contributed by atoms with Gasteiger partial charge in [-0.3, -0.25) is 19.3 Å². The van der Waals surface area contributed by atoms with E-state index >= 15 is 0 Å². The zero-order valence-electron chi connectivity index (χ0n) is 16.5. The highest BCUT2D eigenvalue weighted by Gasteiger charge is 2.39. The Morgan fingerprint density at radius 1 is 0.846 bits per heavy atom. The maximum atomic E-state index is 12.4. The minimum atomic E-state index is -0.615. The van der Waals surface area contributed by atoms with Gasteiger partial charge in [0.2, 0.25) is 5.91 Å². The number of amides is 2. The minimum Gasteiger partial charge on any atom is -0.511 e. The van der Waals surface area contributed by atoms with E-state index in [9.17, 15) is 19.5 Å². The van der Waals surface area contributed by atoms with E-state index in [0.717, 1.165) is 49.8 Å². The van der Waals surface area contributed by atoms with Gasteiger partial charge in [0.15, 0.2) is 5.78 Å². The highest BCUT2D eigenvalue weighted by molar-refractivity contribution is 6.29. The first-order valence-corrected chi connectivity index (χ1v) is 10.3. The van der Waals surface area contributed by atoms with Crippen molar-refractivity contribution >= 4 is 17.6 Å². The van der Waals surface area contributed by atoms with E-state index in [1.165, 1.54) is 25.7 Å². The highest BCUT2D eigenvalue weighted by Crippen LogP contribution is 2.22. The van der Waals surface area contributed by atoms with E-state index < -0.39 is 11.7 Å². The molecule has 0 atom stereocenters. The first-order valence-electron chi connectivity index (χ1n) is 10.3. The van der Waals surface area contributed by atoms with Crippen LogP contribution in [0.3, 0.4) is 0 Å². The first-order chi connectivity index (χ1) is 12.5. The van der Waals surface area contributed by atoms with Gasteiger partial charge in [0.1, 0.15) is 11.3 Å². The Morgan fingerprint density at radius 2 is 1.35 bits per heavy atom. The predicted octanol–water partition coefficient (Wildman–Crippen LogP) is 4.85. The van der Waals surface area contributed by atoms with Crippen molar-refractivity contribution in [2.45, 2.75) is 97.3 Å². The molecule has 148 valence electrons. The fourth-order valence-electron chi connectivity index (χ4n) is 3.25. The molecule has 0 aromatic rings. The number of unbranched alkanes of at least 4 members (excludes halogenated alkanes) is 9. The number of ketones is 1. The number of nitrogens with zero attached hydrogens (tertiary/aromatic N) is 1. The lowest BCUT2D eigenvalue weighted by atomic mass is 10.1. The fraction of sp³-hybridized carbons (Fsp3) is 0.762. The second-order valence-electron chi connectivity index (χ2n) is 7.21. The molecule has 1 aliphatic heterocycles. The second kappa shape index (κ2) is 12.7. The number of allylic oxidation sites excluding steroid dienone is 1. The number of carbonyl (C=O) groups is 3. The summed E-state index contributed by atoms with van der Waals surface area (Å²) in [6.45, 7) is 4.05. The van der Waals surface area contributed by atoms with Crippen molar-refractivity contribution in [2.24, 2.45) is 0 Å². The smallest absolute Gasteiger partial charge is 0.268 e. The normalized spacial score (nSPS) is 16.5. The molecule has 1 rings (SSSR count). The van der Waals surface area contributed by atoms with Crippen molar-refractivity contribution in [1.29, 1.82) is 0 Å². The largest absolute Gasteiger partial charge is 0.511 e. The Kier molecular flexibility index (Phi) is 10.9. The predicted molar refractivity (Wildman–Crippen MR) is 103 cm³/mol. The minimum absolute atomic E-state index is 0.144. The third-order valence-electron chi connectivity index (χ3n) is 4.89. The lowest BCUT2D eigenvalue weighted by molar-refractivity contribution is -0.141. The third kappa shape index (κ3) is 7.30. The van der Waals surface area contributed by atoms with Crippen LogP contribution >= 0.6 is 0 Å². The summed E-state index contributed by atoms with van der Waals surface area (Å²) < 4.78 is 0. The molecule has 5 nitrogen and oxygen atoms in total. The molecule has 1 N–H and O–H groups in total. The number of hydrogen-bond acceptors (Lipinski definition) is 4. The molecule has 0 aromatic carbocycles. The Bertz CT molecular complexity index is 510. The Labute approximate surface area is 157 Å². The van der Waals surface area contributed by atoms with E-state index in [1.807, 2.05) is 0 Å². The zero-order valence-corrected chi connectivity index (χ0v) is 16.5. The van der Waals surface area contributed by atoms with Gasteiger partial charge in [-0.05, 0) is 12.8 Å². The molecule has 1 saturated heterocycles. The van der Waals surface area contributed by atoms with E-state index in [2.05, 4.69) is 13.8 Å². The molecule has 0 aromatic heterocycles. The summed E-state index contributed by atoms with van der Waals surface area (Å²) in [5.41, 5.74) is -0.169. The average Bonchev–Trinajstić information content (AvgIpc) is 2.92. The Hall–Kier alpha value is -1.65. The monoisotopic (exact) mass is 365 g/mol. The van der Waals surface area contributed by atoms with Gasteiger partial charge < -0.3 is 5.11 Å². The van der Waals surface area contributed by atoms with Crippen molar-refractivity contribution in [3.8, 4) is 0 Å². The summed E-state index contributed by atoms with van der Waals surface area (Å²) in [6.07, 6.45) is 12.1. The van der Waals surface area contributed by atoms with Crippen LogP contribution in [-0.2, 0) is 14.4 Å². The maximum Gasteiger partial charge on any atom is 0.268 e. The van der Waals surface area contributed by atoms with Gasteiger partial charge in [-0.25, -0.2) is 0 Å². The van der Waals surface area contributed by atoms with Gasteiger partial charge in [0.05, 0.1) is 6.54 Å². The van der Waals surface area contributed by atoms with E-state index in [0.29, 0.717) is 6.42 Å². The molecule has 5 heteroatoms. The average molecular weight is 366 g/mol. The Balaban J connectivity index is 2.45. The van der Waals surface area contributed by atoms with Crippen LogP contribution in [0.4, 0.5) is 0 Å². The summed E-state index contributed by atoms with van der Waals surface area (Å²) in [4.78, 5) is 37.6. The van der Waals surface area contributed by atoms with Gasteiger partial charge in [-0.1, -0.05) is 71.6 Å². The van der Waals surface area contributed by atoms with Crippen molar-refractivity contribution in [2.75, 3.05) is 6.54 Å². The summed E-state index contributed by atoms with van der Waals surface area (Å²) in [7, 11) is 0. The zero-order chi connectivity index (χ0) is 19.4. The van der Waals surface area contributed by atoms with Gasteiger partial charge >= 0.3 is 0 Å². The van der Waals surface area contributed by atoms with E-state index in [-0.39, 0.29) is 30.2 Å². The standard InChI is InChI=1S/C21H35NO4/c1-3-5-7-9-10-11-12-14-17(23)20-18(24)16-22(21(20)26)19(25)15-13-8-6-4-2/h23H,3-16H2,1-2H3/b20-17-. The van der Waals surface area contributed by atoms with Crippen LogP contribution in [0.25, 0.3) is 0 Å². The van der Waals surface area contributed by atoms with Crippen LogP contribution in [0.1, 0.15) is 97.3 Å². The summed E-state index contributed by atoms with van der Waals surface area (Å²) in [5, 5.41) is 10.2. The molecule has 0 saturated carbocycles. The topological polar surface area (TPSA) is 74.7 Å². The number of aliphatic hydroxyl groups excluding tert-OH is 1. The molecule has 0 spiro atoms. The van der Waals surface area contributed by atoms with Crippen molar-refractivity contribution in [3.63, 3.8) is 0 Å². The molecule has 0 unspecified atom stereocenters. The molecule has 0 bridgehead atoms. The maximum absolute atomic E-state index is 12.4. The number of carbonyl (C=O) groups excluding carboxylic acids is 3. The fourth-order valence-corrected chi connectivity index (χ4v) is 3.25. The van der Waals surface area contributed by atoms with Gasteiger partial charge in [0, 0.05) is 12.8 Å². The molecular formula is C21H35NO4. The molecule has 0 radical (unpaired) electrons. The lowest BCUT2D eigenvalue weighted by Crippen LogP contribution is -2.32. The molecule has 1 aliphatic rings. The lowest BCUT2D eigenvalue weighted by Gasteiger charge is -2.12. The van der Waals surface area contributed by atoms with Crippen LogP contribution < -0.4 is 0 Å². The number of imide groups is 1. The van der Waals surface area contributed by atoms with Crippen LogP contribution in [0.2, 0.25) is 0 Å². The number of aliphatic hydroxyl groups is 1. The number of likely N-dealkylation sites (tertiary alicyclic amines) is 1. The quantitative estimate of drug-likeness (QED) is 0.219. The van der Waals surface area contributed by atoms with Crippen molar-refractivity contribution in [1.82, 2.24) is 4.90 Å². The van der Waals surface area contributed by atoms with Crippen molar-refractivity contribution < 1.29 is 19.5 Å². The van der Waals surface area contributed by atoms with Gasteiger partial charge in [-0.2, -0.15) is 0 Å². The van der Waals surface area contributed by atoms with Crippen LogP contribution in [0, 0.1) is 0 Å². The van der Waals surface area contributed by atoms with Gasteiger partial charge in [-0.15, -0.1) is 0 Å².